The minimum absolute atomic E-state index is 0.116. The lowest BCUT2D eigenvalue weighted by molar-refractivity contribution is -0.131. The molecule has 26 heavy (non-hydrogen) atoms. The maximum Gasteiger partial charge on any atom is 0.224 e. The van der Waals surface area contributed by atoms with Gasteiger partial charge in [-0.15, -0.1) is 0 Å². The van der Waals surface area contributed by atoms with Gasteiger partial charge in [0.25, 0.3) is 0 Å². The normalized spacial score (nSPS) is 14.4. The highest BCUT2D eigenvalue weighted by atomic mass is 35.5. The summed E-state index contributed by atoms with van der Waals surface area (Å²) in [7, 11) is 0. The van der Waals surface area contributed by atoms with Crippen LogP contribution in [0.25, 0.3) is 0 Å². The third-order valence-electron chi connectivity index (χ3n) is 4.68. The first-order valence-corrected chi connectivity index (χ1v) is 9.19. The number of hydrogen-bond donors (Lipinski definition) is 1. The second-order valence-corrected chi connectivity index (χ2v) is 6.89. The maximum absolute atomic E-state index is 13.9. The molecule has 0 spiro atoms. The van der Waals surface area contributed by atoms with Crippen molar-refractivity contribution < 1.29 is 9.18 Å². The summed E-state index contributed by atoms with van der Waals surface area (Å²) < 4.78 is 13.9. The molecule has 1 saturated heterocycles. The molecular formula is C20H23ClFN3O. The Morgan fingerprint density at radius 1 is 1.15 bits per heavy atom. The number of nitrogens with zero attached hydrogens (tertiary/aromatic N) is 2. The predicted molar refractivity (Wildman–Crippen MR) is 104 cm³/mol. The number of rotatable bonds is 5. The van der Waals surface area contributed by atoms with Crippen molar-refractivity contribution >= 4 is 28.9 Å². The van der Waals surface area contributed by atoms with Gasteiger partial charge in [-0.05, 0) is 36.8 Å². The summed E-state index contributed by atoms with van der Waals surface area (Å²) in [6.45, 7) is 5.09. The van der Waals surface area contributed by atoms with Gasteiger partial charge in [0.1, 0.15) is 5.82 Å². The first kappa shape index (κ1) is 18.5. The van der Waals surface area contributed by atoms with Crippen LogP contribution >= 0.6 is 11.6 Å². The van der Waals surface area contributed by atoms with Gasteiger partial charge < -0.3 is 15.1 Å². The molecule has 0 radical (unpaired) electrons. The maximum atomic E-state index is 13.9. The zero-order valence-electron chi connectivity index (χ0n) is 14.8. The quantitative estimate of drug-likeness (QED) is 0.859. The number of carbonyl (C=O) groups is 1. The van der Waals surface area contributed by atoms with E-state index in [4.69, 9.17) is 11.6 Å². The van der Waals surface area contributed by atoms with E-state index in [1.807, 2.05) is 41.0 Å². The molecule has 1 heterocycles. The van der Waals surface area contributed by atoms with Gasteiger partial charge in [0.2, 0.25) is 5.91 Å². The van der Waals surface area contributed by atoms with E-state index in [9.17, 15) is 9.18 Å². The largest absolute Gasteiger partial charge is 0.384 e. The van der Waals surface area contributed by atoms with E-state index in [1.165, 1.54) is 6.07 Å². The Hall–Kier alpha value is -2.27. The minimum atomic E-state index is -0.214. The number of benzene rings is 2. The Kier molecular flexibility index (Phi) is 5.99. The van der Waals surface area contributed by atoms with Crippen LogP contribution in [-0.4, -0.2) is 43.5 Å². The van der Waals surface area contributed by atoms with Crippen LogP contribution < -0.4 is 10.2 Å². The van der Waals surface area contributed by atoms with Crippen molar-refractivity contribution in [3.05, 3.63) is 58.9 Å². The molecule has 0 atom stereocenters. The van der Waals surface area contributed by atoms with Crippen LogP contribution in [0.3, 0.4) is 0 Å². The highest BCUT2D eigenvalue weighted by Crippen LogP contribution is 2.21. The molecular weight excluding hydrogens is 353 g/mol. The van der Waals surface area contributed by atoms with E-state index in [-0.39, 0.29) is 11.7 Å². The average molecular weight is 376 g/mol. The fraction of sp³-hybridized carbons (Fsp3) is 0.350. The number of para-hydroxylation sites is 1. The predicted octanol–water partition coefficient (Wildman–Crippen LogP) is 3.94. The average Bonchev–Trinajstić information content (AvgIpc) is 2.65. The van der Waals surface area contributed by atoms with Gasteiger partial charge in [-0.3, -0.25) is 4.79 Å². The number of hydrogen-bond acceptors (Lipinski definition) is 3. The van der Waals surface area contributed by atoms with Crippen LogP contribution in [-0.2, 0) is 4.79 Å². The molecule has 0 unspecified atom stereocenters. The molecule has 1 aliphatic heterocycles. The molecule has 0 saturated carbocycles. The van der Waals surface area contributed by atoms with E-state index in [1.54, 1.807) is 12.1 Å². The lowest BCUT2D eigenvalue weighted by Crippen LogP contribution is -2.49. The topological polar surface area (TPSA) is 35.6 Å². The molecule has 2 aromatic carbocycles. The van der Waals surface area contributed by atoms with Gasteiger partial charge in [-0.2, -0.15) is 0 Å². The molecule has 6 heteroatoms. The molecule has 4 nitrogen and oxygen atoms in total. The fourth-order valence-electron chi connectivity index (χ4n) is 3.15. The van der Waals surface area contributed by atoms with E-state index in [2.05, 4.69) is 5.32 Å². The number of anilines is 2. The Morgan fingerprint density at radius 2 is 1.88 bits per heavy atom. The Balaban J connectivity index is 1.47. The second-order valence-electron chi connectivity index (χ2n) is 6.46. The van der Waals surface area contributed by atoms with Gasteiger partial charge in [0.15, 0.2) is 0 Å². The summed E-state index contributed by atoms with van der Waals surface area (Å²) in [6, 6.07) is 12.4. The number of halogens is 2. The highest BCUT2D eigenvalue weighted by molar-refractivity contribution is 6.30. The zero-order valence-corrected chi connectivity index (χ0v) is 15.6. The van der Waals surface area contributed by atoms with E-state index >= 15 is 0 Å². The van der Waals surface area contributed by atoms with E-state index in [0.29, 0.717) is 49.9 Å². The van der Waals surface area contributed by atoms with Gasteiger partial charge in [0.05, 0.1) is 5.69 Å². The van der Waals surface area contributed by atoms with Crippen LogP contribution in [0.5, 0.6) is 0 Å². The van der Waals surface area contributed by atoms with Crippen molar-refractivity contribution in [2.75, 3.05) is 42.9 Å². The number of carbonyl (C=O) groups excluding carboxylic acids is 1. The van der Waals surface area contributed by atoms with Crippen LogP contribution in [0.4, 0.5) is 15.8 Å². The molecule has 138 valence electrons. The third kappa shape index (κ3) is 4.47. The molecule has 3 rings (SSSR count). The van der Waals surface area contributed by atoms with Crippen molar-refractivity contribution in [3.8, 4) is 0 Å². The van der Waals surface area contributed by atoms with Crippen LogP contribution in [0.1, 0.15) is 12.0 Å². The minimum Gasteiger partial charge on any atom is -0.384 e. The van der Waals surface area contributed by atoms with Crippen molar-refractivity contribution in [1.29, 1.82) is 0 Å². The summed E-state index contributed by atoms with van der Waals surface area (Å²) in [5, 5.41) is 3.95. The molecule has 0 aliphatic carbocycles. The van der Waals surface area contributed by atoms with E-state index in [0.717, 1.165) is 11.3 Å². The first-order chi connectivity index (χ1) is 12.5. The molecule has 2 aromatic rings. The molecule has 1 N–H and O–H groups in total. The summed E-state index contributed by atoms with van der Waals surface area (Å²) in [5.74, 6) is -0.0984. The molecule has 1 amide bonds. The van der Waals surface area contributed by atoms with Crippen LogP contribution in [0.15, 0.2) is 42.5 Å². The van der Waals surface area contributed by atoms with Gasteiger partial charge in [-0.1, -0.05) is 29.8 Å². The number of aryl methyl sites for hydroxylation is 1. The second kappa shape index (κ2) is 8.41. The number of piperazine rings is 1. The molecule has 0 bridgehead atoms. The lowest BCUT2D eigenvalue weighted by atomic mass is 10.2. The fourth-order valence-corrected chi connectivity index (χ4v) is 3.32. The van der Waals surface area contributed by atoms with Gasteiger partial charge in [-0.25, -0.2) is 4.39 Å². The van der Waals surface area contributed by atoms with Crippen LogP contribution in [0, 0.1) is 12.7 Å². The van der Waals surface area contributed by atoms with Crippen molar-refractivity contribution in [2.24, 2.45) is 0 Å². The SMILES string of the molecule is Cc1ccc(Cl)cc1NCCC(=O)N1CCN(c2ccccc2F)CC1. The van der Waals surface area contributed by atoms with Crippen molar-refractivity contribution in [1.82, 2.24) is 4.90 Å². The molecule has 1 aliphatic rings. The summed E-state index contributed by atoms with van der Waals surface area (Å²) in [4.78, 5) is 16.3. The molecule has 1 fully saturated rings. The van der Waals surface area contributed by atoms with E-state index < -0.39 is 0 Å². The Bertz CT molecular complexity index is 775. The number of amides is 1. The number of nitrogens with one attached hydrogen (secondary N) is 1. The van der Waals surface area contributed by atoms with Gasteiger partial charge in [0, 0.05) is 49.9 Å². The molecule has 0 aromatic heterocycles. The van der Waals surface area contributed by atoms with Crippen molar-refractivity contribution in [2.45, 2.75) is 13.3 Å². The highest BCUT2D eigenvalue weighted by Gasteiger charge is 2.22. The summed E-state index contributed by atoms with van der Waals surface area (Å²) >= 11 is 6.01. The zero-order chi connectivity index (χ0) is 18.5. The first-order valence-electron chi connectivity index (χ1n) is 8.82. The summed E-state index contributed by atoms with van der Waals surface area (Å²) in [5.41, 5.74) is 2.66. The van der Waals surface area contributed by atoms with Crippen LogP contribution in [0.2, 0.25) is 5.02 Å². The van der Waals surface area contributed by atoms with Crippen molar-refractivity contribution in [3.63, 3.8) is 0 Å². The Labute approximate surface area is 158 Å². The standard InChI is InChI=1S/C20H23ClFN3O/c1-15-6-7-16(21)14-18(15)23-9-8-20(26)25-12-10-24(11-13-25)19-5-3-2-4-17(19)22/h2-7,14,23H,8-13H2,1H3. The smallest absolute Gasteiger partial charge is 0.224 e. The monoisotopic (exact) mass is 375 g/mol. The Morgan fingerprint density at radius 3 is 2.62 bits per heavy atom. The lowest BCUT2D eigenvalue weighted by Gasteiger charge is -2.36. The van der Waals surface area contributed by atoms with Gasteiger partial charge >= 0.3 is 0 Å². The summed E-state index contributed by atoms with van der Waals surface area (Å²) in [6.07, 6.45) is 0.422. The third-order valence-corrected chi connectivity index (χ3v) is 4.91.